The van der Waals surface area contributed by atoms with Gasteiger partial charge in [0.1, 0.15) is 9.53 Å². The van der Waals surface area contributed by atoms with Crippen LogP contribution in [-0.2, 0) is 17.9 Å². The average molecular weight is 464 g/mol. The molecule has 4 rings (SSSR count). The number of ketones is 1. The Balaban J connectivity index is 1.40. The Kier molecular flexibility index (Phi) is 4.83. The van der Waals surface area contributed by atoms with Crippen molar-refractivity contribution < 1.29 is 9.59 Å². The first kappa shape index (κ1) is 17.7. The molecule has 6 nitrogen and oxygen atoms in total. The predicted molar refractivity (Wildman–Crippen MR) is 106 cm³/mol. The van der Waals surface area contributed by atoms with E-state index in [0.29, 0.717) is 19.0 Å². The summed E-state index contributed by atoms with van der Waals surface area (Å²) in [6, 6.07) is 9.46. The minimum Gasteiger partial charge on any atom is -0.335 e. The highest BCUT2D eigenvalue weighted by atomic mass is 127. The predicted octanol–water partition coefficient (Wildman–Crippen LogP) is 2.13. The van der Waals surface area contributed by atoms with Gasteiger partial charge in [0.15, 0.2) is 5.78 Å². The molecule has 0 N–H and O–H groups in total. The van der Waals surface area contributed by atoms with Crippen LogP contribution in [0, 0.1) is 3.70 Å². The quantitative estimate of drug-likeness (QED) is 0.514. The van der Waals surface area contributed by atoms with Gasteiger partial charge in [0.2, 0.25) is 5.91 Å². The topological polar surface area (TPSA) is 58.4 Å². The van der Waals surface area contributed by atoms with Gasteiger partial charge in [-0.15, -0.1) is 0 Å². The van der Waals surface area contributed by atoms with E-state index in [0.717, 1.165) is 47.0 Å². The molecular formula is C19H21IN4O2. The standard InChI is InChI=1S/C19H21IN4O2/c1-13(25)23-7-8-24-16(11-23)18(20)21-19(24)15-9-22(10-15)12-17(26)14-5-3-2-4-6-14/h2-6,15H,7-12H2,1H3. The zero-order valence-corrected chi connectivity index (χ0v) is 16.8. The molecule has 2 aliphatic rings. The van der Waals surface area contributed by atoms with Crippen molar-refractivity contribution in [1.82, 2.24) is 19.4 Å². The molecule has 1 aromatic heterocycles. The van der Waals surface area contributed by atoms with Gasteiger partial charge in [-0.2, -0.15) is 0 Å². The number of amides is 1. The summed E-state index contributed by atoms with van der Waals surface area (Å²) < 4.78 is 3.27. The number of Topliss-reactive ketones (excluding diaryl/α,β-unsaturated/α-hetero) is 1. The van der Waals surface area contributed by atoms with Gasteiger partial charge in [-0.3, -0.25) is 14.5 Å². The van der Waals surface area contributed by atoms with Gasteiger partial charge in [0.05, 0.1) is 18.8 Å². The molecule has 2 aromatic rings. The second kappa shape index (κ2) is 7.11. The number of benzene rings is 1. The maximum atomic E-state index is 12.3. The van der Waals surface area contributed by atoms with E-state index in [9.17, 15) is 9.59 Å². The van der Waals surface area contributed by atoms with Crippen molar-refractivity contribution in [2.75, 3.05) is 26.2 Å². The fourth-order valence-electron chi connectivity index (χ4n) is 3.72. The Labute approximate surface area is 166 Å². The van der Waals surface area contributed by atoms with Crippen molar-refractivity contribution in [3.8, 4) is 0 Å². The van der Waals surface area contributed by atoms with E-state index in [4.69, 9.17) is 4.98 Å². The van der Waals surface area contributed by atoms with Crippen LogP contribution in [0.5, 0.6) is 0 Å². The number of hydrogen-bond donors (Lipinski definition) is 0. The molecule has 0 unspecified atom stereocenters. The number of aromatic nitrogens is 2. The lowest BCUT2D eigenvalue weighted by molar-refractivity contribution is -0.130. The summed E-state index contributed by atoms with van der Waals surface area (Å²) in [6.07, 6.45) is 0. The second-order valence-corrected chi connectivity index (χ2v) is 8.00. The Hall–Kier alpha value is -1.74. The molecule has 0 atom stereocenters. The molecule has 26 heavy (non-hydrogen) atoms. The minimum atomic E-state index is 0.115. The normalized spacial score (nSPS) is 17.7. The molecule has 1 fully saturated rings. The summed E-state index contributed by atoms with van der Waals surface area (Å²) in [5, 5.41) is 0. The molecule has 1 saturated heterocycles. The summed E-state index contributed by atoms with van der Waals surface area (Å²) in [6.45, 7) is 5.99. The fraction of sp³-hybridized carbons (Fsp3) is 0.421. The van der Waals surface area contributed by atoms with E-state index in [1.165, 1.54) is 0 Å². The van der Waals surface area contributed by atoms with Crippen molar-refractivity contribution in [2.45, 2.75) is 25.9 Å². The smallest absolute Gasteiger partial charge is 0.219 e. The lowest BCUT2D eigenvalue weighted by Gasteiger charge is -2.39. The number of fused-ring (bicyclic) bond motifs is 1. The van der Waals surface area contributed by atoms with Crippen LogP contribution >= 0.6 is 22.6 Å². The molecule has 0 spiro atoms. The fourth-order valence-corrected chi connectivity index (χ4v) is 4.43. The number of hydrogen-bond acceptors (Lipinski definition) is 4. The Morgan fingerprint density at radius 3 is 2.62 bits per heavy atom. The first-order valence-electron chi connectivity index (χ1n) is 8.84. The van der Waals surface area contributed by atoms with Crippen LogP contribution in [0.3, 0.4) is 0 Å². The van der Waals surface area contributed by atoms with Crippen molar-refractivity contribution in [1.29, 1.82) is 0 Å². The number of nitrogens with zero attached hydrogens (tertiary/aromatic N) is 4. The zero-order valence-electron chi connectivity index (χ0n) is 14.7. The number of halogens is 1. The highest BCUT2D eigenvalue weighted by Crippen LogP contribution is 2.31. The Morgan fingerprint density at radius 2 is 1.92 bits per heavy atom. The third-order valence-electron chi connectivity index (χ3n) is 5.22. The lowest BCUT2D eigenvalue weighted by Crippen LogP contribution is -2.48. The molecule has 1 aromatic carbocycles. The third-order valence-corrected chi connectivity index (χ3v) is 6.08. The van der Waals surface area contributed by atoms with Gasteiger partial charge in [-0.05, 0) is 22.6 Å². The van der Waals surface area contributed by atoms with Gasteiger partial charge < -0.3 is 9.47 Å². The number of likely N-dealkylation sites (tertiary alicyclic amines) is 1. The third kappa shape index (κ3) is 3.29. The monoisotopic (exact) mass is 464 g/mol. The van der Waals surface area contributed by atoms with E-state index in [1.807, 2.05) is 35.2 Å². The van der Waals surface area contributed by atoms with E-state index in [-0.39, 0.29) is 11.7 Å². The number of imidazole rings is 1. The molecule has 2 aliphatic heterocycles. The van der Waals surface area contributed by atoms with Crippen molar-refractivity contribution >= 4 is 34.3 Å². The SMILES string of the molecule is CC(=O)N1CCn2c(C3CN(CC(=O)c4ccccc4)C3)nc(I)c2C1. The molecular weight excluding hydrogens is 443 g/mol. The molecule has 1 amide bonds. The summed E-state index contributed by atoms with van der Waals surface area (Å²) in [7, 11) is 0. The molecule has 7 heteroatoms. The van der Waals surface area contributed by atoms with E-state index in [1.54, 1.807) is 6.92 Å². The number of carbonyl (C=O) groups excluding carboxylic acids is 2. The Bertz CT molecular complexity index is 843. The van der Waals surface area contributed by atoms with Crippen molar-refractivity contribution in [2.24, 2.45) is 0 Å². The first-order valence-corrected chi connectivity index (χ1v) is 9.91. The van der Waals surface area contributed by atoms with Crippen LogP contribution in [-0.4, -0.2) is 57.2 Å². The van der Waals surface area contributed by atoms with Gasteiger partial charge in [0.25, 0.3) is 0 Å². The molecule has 0 aliphatic carbocycles. The lowest BCUT2D eigenvalue weighted by atomic mass is 9.97. The maximum absolute atomic E-state index is 12.3. The molecule has 136 valence electrons. The molecule has 0 saturated carbocycles. The summed E-state index contributed by atoms with van der Waals surface area (Å²) in [5.74, 6) is 1.76. The largest absolute Gasteiger partial charge is 0.335 e. The summed E-state index contributed by atoms with van der Waals surface area (Å²) >= 11 is 2.27. The maximum Gasteiger partial charge on any atom is 0.219 e. The first-order chi connectivity index (χ1) is 12.5. The minimum absolute atomic E-state index is 0.115. The van der Waals surface area contributed by atoms with Gasteiger partial charge >= 0.3 is 0 Å². The van der Waals surface area contributed by atoms with Crippen molar-refractivity contribution in [3.63, 3.8) is 0 Å². The van der Waals surface area contributed by atoms with E-state index >= 15 is 0 Å². The van der Waals surface area contributed by atoms with E-state index in [2.05, 4.69) is 32.1 Å². The molecule has 0 bridgehead atoms. The summed E-state index contributed by atoms with van der Waals surface area (Å²) in [4.78, 5) is 32.8. The van der Waals surface area contributed by atoms with Crippen LogP contribution in [0.4, 0.5) is 0 Å². The highest BCUT2D eigenvalue weighted by molar-refractivity contribution is 14.1. The van der Waals surface area contributed by atoms with E-state index < -0.39 is 0 Å². The van der Waals surface area contributed by atoms with Crippen LogP contribution in [0.25, 0.3) is 0 Å². The van der Waals surface area contributed by atoms with Crippen molar-refractivity contribution in [3.05, 3.63) is 51.1 Å². The number of rotatable bonds is 4. The van der Waals surface area contributed by atoms with Crippen LogP contribution in [0.1, 0.15) is 34.7 Å². The van der Waals surface area contributed by atoms with Crippen LogP contribution < -0.4 is 0 Å². The molecule has 0 radical (unpaired) electrons. The Morgan fingerprint density at radius 1 is 1.19 bits per heavy atom. The summed E-state index contributed by atoms with van der Waals surface area (Å²) in [5.41, 5.74) is 1.91. The van der Waals surface area contributed by atoms with Crippen LogP contribution in [0.2, 0.25) is 0 Å². The van der Waals surface area contributed by atoms with Gasteiger partial charge in [-0.1, -0.05) is 30.3 Å². The second-order valence-electron chi connectivity index (χ2n) is 6.98. The van der Waals surface area contributed by atoms with Crippen LogP contribution in [0.15, 0.2) is 30.3 Å². The average Bonchev–Trinajstić information content (AvgIpc) is 2.94. The molecule has 3 heterocycles. The van der Waals surface area contributed by atoms with Gasteiger partial charge in [0, 0.05) is 44.6 Å². The number of carbonyl (C=O) groups is 2. The van der Waals surface area contributed by atoms with Gasteiger partial charge in [-0.25, -0.2) is 4.98 Å². The zero-order chi connectivity index (χ0) is 18.3. The highest BCUT2D eigenvalue weighted by Gasteiger charge is 2.35.